The van der Waals surface area contributed by atoms with E-state index in [1.807, 2.05) is 50.2 Å². The van der Waals surface area contributed by atoms with Crippen LogP contribution < -0.4 is 14.8 Å². The standard InChI is InChI=1S/C23H29BrN2O4/c1-16(2)13-25-23(28)17(3)26(14-18-8-7-9-19(24)12-18)22(27)15-30-21-11-6-5-10-20(21)29-4/h5-12,16-17H,13-15H2,1-4H3,(H,25,28)/t17-/m0/s1. The Morgan fingerprint density at radius 1 is 1.07 bits per heavy atom. The molecule has 2 aromatic carbocycles. The minimum absolute atomic E-state index is 0.190. The second-order valence-corrected chi connectivity index (χ2v) is 8.32. The van der Waals surface area contributed by atoms with Crippen molar-refractivity contribution in [2.45, 2.75) is 33.4 Å². The molecule has 6 nitrogen and oxygen atoms in total. The van der Waals surface area contributed by atoms with Gasteiger partial charge in [0.2, 0.25) is 5.91 Å². The lowest BCUT2D eigenvalue weighted by Crippen LogP contribution is -2.49. The van der Waals surface area contributed by atoms with Crippen molar-refractivity contribution in [3.8, 4) is 11.5 Å². The maximum absolute atomic E-state index is 13.1. The Morgan fingerprint density at radius 3 is 2.40 bits per heavy atom. The summed E-state index contributed by atoms with van der Waals surface area (Å²) in [5.74, 6) is 0.876. The molecule has 0 spiro atoms. The van der Waals surface area contributed by atoms with Crippen LogP contribution in [0.3, 0.4) is 0 Å². The molecule has 0 fully saturated rings. The Kier molecular flexibility index (Phi) is 9.17. The van der Waals surface area contributed by atoms with Crippen LogP contribution in [0.1, 0.15) is 26.3 Å². The number of ether oxygens (including phenoxy) is 2. The van der Waals surface area contributed by atoms with Gasteiger partial charge in [0.1, 0.15) is 6.04 Å². The van der Waals surface area contributed by atoms with Gasteiger partial charge >= 0.3 is 0 Å². The van der Waals surface area contributed by atoms with Crippen LogP contribution in [0.25, 0.3) is 0 Å². The first kappa shape index (κ1) is 23.7. The fraction of sp³-hybridized carbons (Fsp3) is 0.391. The smallest absolute Gasteiger partial charge is 0.261 e. The van der Waals surface area contributed by atoms with Crippen LogP contribution in [-0.4, -0.2) is 43.0 Å². The van der Waals surface area contributed by atoms with E-state index < -0.39 is 6.04 Å². The van der Waals surface area contributed by atoms with Gasteiger partial charge in [0, 0.05) is 17.6 Å². The third-order valence-electron chi connectivity index (χ3n) is 4.51. The predicted octanol–water partition coefficient (Wildman–Crippen LogP) is 4.03. The van der Waals surface area contributed by atoms with Gasteiger partial charge in [0.15, 0.2) is 18.1 Å². The number of para-hydroxylation sites is 2. The zero-order chi connectivity index (χ0) is 22.1. The summed E-state index contributed by atoms with van der Waals surface area (Å²) in [7, 11) is 1.55. The summed E-state index contributed by atoms with van der Waals surface area (Å²) in [6, 6.07) is 14.2. The van der Waals surface area contributed by atoms with Crippen molar-refractivity contribution in [1.82, 2.24) is 10.2 Å². The maximum Gasteiger partial charge on any atom is 0.261 e. The number of hydrogen-bond donors (Lipinski definition) is 1. The molecule has 2 aromatic rings. The normalized spacial score (nSPS) is 11.7. The summed E-state index contributed by atoms with van der Waals surface area (Å²) in [6.07, 6.45) is 0. The van der Waals surface area contributed by atoms with Crippen LogP contribution in [-0.2, 0) is 16.1 Å². The Labute approximate surface area is 186 Å². The summed E-state index contributed by atoms with van der Waals surface area (Å²) in [6.45, 7) is 6.43. The third kappa shape index (κ3) is 7.06. The lowest BCUT2D eigenvalue weighted by atomic mass is 10.1. The second kappa shape index (κ2) is 11.6. The highest BCUT2D eigenvalue weighted by atomic mass is 79.9. The number of benzene rings is 2. The van der Waals surface area contributed by atoms with E-state index in [0.29, 0.717) is 30.5 Å². The van der Waals surface area contributed by atoms with Crippen molar-refractivity contribution in [2.24, 2.45) is 5.92 Å². The van der Waals surface area contributed by atoms with Gasteiger partial charge in [-0.25, -0.2) is 0 Å². The van der Waals surface area contributed by atoms with Crippen molar-refractivity contribution in [1.29, 1.82) is 0 Å². The van der Waals surface area contributed by atoms with Crippen molar-refractivity contribution in [3.63, 3.8) is 0 Å². The summed E-state index contributed by atoms with van der Waals surface area (Å²) in [5, 5.41) is 2.90. The molecule has 2 amide bonds. The Bertz CT molecular complexity index is 857. The van der Waals surface area contributed by atoms with Gasteiger partial charge < -0.3 is 19.7 Å². The first-order valence-electron chi connectivity index (χ1n) is 9.89. The summed E-state index contributed by atoms with van der Waals surface area (Å²) in [5.41, 5.74) is 0.915. The van der Waals surface area contributed by atoms with Gasteiger partial charge in [-0.3, -0.25) is 9.59 Å². The first-order valence-corrected chi connectivity index (χ1v) is 10.7. The van der Waals surface area contributed by atoms with Crippen LogP contribution in [0.15, 0.2) is 53.0 Å². The molecule has 0 unspecified atom stereocenters. The van der Waals surface area contributed by atoms with Gasteiger partial charge in [-0.2, -0.15) is 0 Å². The van der Waals surface area contributed by atoms with Crippen molar-refractivity contribution >= 4 is 27.7 Å². The van der Waals surface area contributed by atoms with E-state index in [4.69, 9.17) is 9.47 Å². The zero-order valence-corrected chi connectivity index (χ0v) is 19.4. The van der Waals surface area contributed by atoms with E-state index in [9.17, 15) is 9.59 Å². The van der Waals surface area contributed by atoms with Gasteiger partial charge in [0.05, 0.1) is 7.11 Å². The van der Waals surface area contributed by atoms with E-state index in [0.717, 1.165) is 10.0 Å². The van der Waals surface area contributed by atoms with Crippen LogP contribution in [0.5, 0.6) is 11.5 Å². The SMILES string of the molecule is COc1ccccc1OCC(=O)N(Cc1cccc(Br)c1)[C@@H](C)C(=O)NCC(C)C. The molecule has 0 aliphatic rings. The number of carbonyl (C=O) groups excluding carboxylic acids is 2. The van der Waals surface area contributed by atoms with E-state index in [-0.39, 0.29) is 18.4 Å². The maximum atomic E-state index is 13.1. The number of rotatable bonds is 10. The number of nitrogens with zero attached hydrogens (tertiary/aromatic N) is 1. The highest BCUT2D eigenvalue weighted by Crippen LogP contribution is 2.26. The highest BCUT2D eigenvalue weighted by molar-refractivity contribution is 9.10. The van der Waals surface area contributed by atoms with Gasteiger partial charge in [-0.1, -0.05) is 54.0 Å². The number of amides is 2. The van der Waals surface area contributed by atoms with E-state index >= 15 is 0 Å². The largest absolute Gasteiger partial charge is 0.493 e. The minimum Gasteiger partial charge on any atom is -0.493 e. The quantitative estimate of drug-likeness (QED) is 0.561. The molecule has 30 heavy (non-hydrogen) atoms. The Morgan fingerprint density at radius 2 is 1.77 bits per heavy atom. The summed E-state index contributed by atoms with van der Waals surface area (Å²) < 4.78 is 11.9. The first-order chi connectivity index (χ1) is 14.3. The molecule has 0 saturated heterocycles. The average Bonchev–Trinajstić information content (AvgIpc) is 2.73. The van der Waals surface area contributed by atoms with Crippen molar-refractivity contribution < 1.29 is 19.1 Å². The number of methoxy groups -OCH3 is 1. The summed E-state index contributed by atoms with van der Waals surface area (Å²) in [4.78, 5) is 27.2. The molecule has 162 valence electrons. The zero-order valence-electron chi connectivity index (χ0n) is 17.9. The molecule has 1 N–H and O–H groups in total. The molecule has 7 heteroatoms. The molecule has 0 aromatic heterocycles. The highest BCUT2D eigenvalue weighted by Gasteiger charge is 2.26. The second-order valence-electron chi connectivity index (χ2n) is 7.41. The molecule has 1 atom stereocenters. The van der Waals surface area contributed by atoms with E-state index in [1.54, 1.807) is 26.2 Å². The summed E-state index contributed by atoms with van der Waals surface area (Å²) >= 11 is 3.45. The fourth-order valence-electron chi connectivity index (χ4n) is 2.83. The molecule has 0 saturated carbocycles. The van der Waals surface area contributed by atoms with Gasteiger partial charge in [0.25, 0.3) is 5.91 Å². The predicted molar refractivity (Wildman–Crippen MR) is 120 cm³/mol. The van der Waals surface area contributed by atoms with Gasteiger partial charge in [-0.15, -0.1) is 0 Å². The van der Waals surface area contributed by atoms with Crippen LogP contribution in [0.2, 0.25) is 0 Å². The number of nitrogens with one attached hydrogen (secondary N) is 1. The van der Waals surface area contributed by atoms with Crippen molar-refractivity contribution in [2.75, 3.05) is 20.3 Å². The number of halogens is 1. The molecular formula is C23H29BrN2O4. The molecular weight excluding hydrogens is 448 g/mol. The average molecular weight is 477 g/mol. The number of carbonyl (C=O) groups is 2. The molecule has 0 aliphatic heterocycles. The lowest BCUT2D eigenvalue weighted by molar-refractivity contribution is -0.142. The molecule has 0 heterocycles. The lowest BCUT2D eigenvalue weighted by Gasteiger charge is -2.29. The monoisotopic (exact) mass is 476 g/mol. The van der Waals surface area contributed by atoms with Crippen molar-refractivity contribution in [3.05, 3.63) is 58.6 Å². The van der Waals surface area contributed by atoms with E-state index in [2.05, 4.69) is 21.2 Å². The van der Waals surface area contributed by atoms with Crippen LogP contribution in [0.4, 0.5) is 0 Å². The van der Waals surface area contributed by atoms with E-state index in [1.165, 1.54) is 4.90 Å². The topological polar surface area (TPSA) is 67.9 Å². The Hall–Kier alpha value is -2.54. The Balaban J connectivity index is 2.16. The molecule has 0 radical (unpaired) electrons. The number of hydrogen-bond acceptors (Lipinski definition) is 4. The van der Waals surface area contributed by atoms with Crippen LogP contribution >= 0.6 is 15.9 Å². The minimum atomic E-state index is -0.642. The molecule has 0 aliphatic carbocycles. The third-order valence-corrected chi connectivity index (χ3v) is 5.01. The fourth-order valence-corrected chi connectivity index (χ4v) is 3.27. The molecule has 2 rings (SSSR count). The van der Waals surface area contributed by atoms with Gasteiger partial charge in [-0.05, 0) is 42.7 Å². The van der Waals surface area contributed by atoms with Crippen LogP contribution in [0, 0.1) is 5.92 Å². The molecule has 0 bridgehead atoms.